The lowest BCUT2D eigenvalue weighted by Crippen LogP contribution is -2.48. The molecular formula is C12H23NO. The molecule has 2 fully saturated rings. The molecule has 0 aromatic carbocycles. The molecule has 2 aliphatic heterocycles. The Hall–Kier alpha value is -0.0800. The number of likely N-dealkylation sites (tertiary alicyclic amines) is 1. The highest BCUT2D eigenvalue weighted by Gasteiger charge is 2.37. The largest absolute Gasteiger partial charge is 0.375 e. The minimum Gasteiger partial charge on any atom is -0.375 e. The number of ether oxygens (including phenoxy) is 1. The maximum absolute atomic E-state index is 6.08. The molecule has 2 saturated heterocycles. The first-order valence-corrected chi connectivity index (χ1v) is 6.10. The van der Waals surface area contributed by atoms with E-state index in [2.05, 4.69) is 18.7 Å². The van der Waals surface area contributed by atoms with E-state index >= 15 is 0 Å². The zero-order valence-corrected chi connectivity index (χ0v) is 9.59. The van der Waals surface area contributed by atoms with Gasteiger partial charge < -0.3 is 9.64 Å². The van der Waals surface area contributed by atoms with Crippen molar-refractivity contribution < 1.29 is 4.74 Å². The van der Waals surface area contributed by atoms with Gasteiger partial charge in [-0.1, -0.05) is 13.8 Å². The summed E-state index contributed by atoms with van der Waals surface area (Å²) in [6, 6.07) is 0. The van der Waals surface area contributed by atoms with Gasteiger partial charge in [0.15, 0.2) is 0 Å². The van der Waals surface area contributed by atoms with Crippen LogP contribution in [-0.2, 0) is 4.74 Å². The molecule has 1 atom stereocenters. The SMILES string of the molecule is CCN1CCC2(CCC(C)CO2)CC1. The van der Waals surface area contributed by atoms with Crippen LogP contribution in [0.5, 0.6) is 0 Å². The van der Waals surface area contributed by atoms with Gasteiger partial charge in [0, 0.05) is 19.7 Å². The third-order valence-electron chi connectivity index (χ3n) is 3.98. The predicted molar refractivity (Wildman–Crippen MR) is 58.4 cm³/mol. The Morgan fingerprint density at radius 2 is 2.00 bits per heavy atom. The van der Waals surface area contributed by atoms with E-state index in [0.717, 1.165) is 12.5 Å². The number of rotatable bonds is 1. The second-order valence-electron chi connectivity index (χ2n) is 5.07. The minimum absolute atomic E-state index is 0.276. The van der Waals surface area contributed by atoms with Crippen molar-refractivity contribution in [2.75, 3.05) is 26.2 Å². The maximum atomic E-state index is 6.08. The summed E-state index contributed by atoms with van der Waals surface area (Å²) in [6.07, 6.45) is 5.18. The van der Waals surface area contributed by atoms with Crippen LogP contribution in [0.2, 0.25) is 0 Å². The summed E-state index contributed by atoms with van der Waals surface area (Å²) >= 11 is 0. The third kappa shape index (κ3) is 2.12. The first-order valence-electron chi connectivity index (χ1n) is 6.10. The van der Waals surface area contributed by atoms with E-state index < -0.39 is 0 Å². The van der Waals surface area contributed by atoms with Crippen molar-refractivity contribution in [3.8, 4) is 0 Å². The van der Waals surface area contributed by atoms with Gasteiger partial charge in [-0.2, -0.15) is 0 Å². The molecule has 1 spiro atoms. The standard InChI is InChI=1S/C12H23NO/c1-3-13-8-6-12(7-9-13)5-4-11(2)10-14-12/h11H,3-10H2,1-2H3. The fourth-order valence-corrected chi connectivity index (χ4v) is 2.66. The summed E-state index contributed by atoms with van der Waals surface area (Å²) in [4.78, 5) is 2.53. The van der Waals surface area contributed by atoms with Crippen molar-refractivity contribution >= 4 is 0 Å². The summed E-state index contributed by atoms with van der Waals surface area (Å²) in [6.45, 7) is 9.23. The molecule has 2 nitrogen and oxygen atoms in total. The van der Waals surface area contributed by atoms with Gasteiger partial charge in [-0.15, -0.1) is 0 Å². The van der Waals surface area contributed by atoms with Crippen molar-refractivity contribution in [1.29, 1.82) is 0 Å². The van der Waals surface area contributed by atoms with Crippen molar-refractivity contribution in [2.45, 2.75) is 45.1 Å². The highest BCUT2D eigenvalue weighted by molar-refractivity contribution is 4.90. The van der Waals surface area contributed by atoms with Crippen LogP contribution >= 0.6 is 0 Å². The Morgan fingerprint density at radius 3 is 2.50 bits per heavy atom. The lowest BCUT2D eigenvalue weighted by atomic mass is 9.82. The summed E-state index contributed by atoms with van der Waals surface area (Å²) < 4.78 is 6.08. The average Bonchev–Trinajstić information content (AvgIpc) is 2.24. The molecule has 14 heavy (non-hydrogen) atoms. The quantitative estimate of drug-likeness (QED) is 0.639. The van der Waals surface area contributed by atoms with Gasteiger partial charge in [0.25, 0.3) is 0 Å². The van der Waals surface area contributed by atoms with Gasteiger partial charge in [-0.3, -0.25) is 0 Å². The summed E-state index contributed by atoms with van der Waals surface area (Å²) in [5.41, 5.74) is 0.276. The average molecular weight is 197 g/mol. The highest BCUT2D eigenvalue weighted by atomic mass is 16.5. The van der Waals surface area contributed by atoms with Crippen LogP contribution in [0.4, 0.5) is 0 Å². The van der Waals surface area contributed by atoms with Crippen LogP contribution in [0.1, 0.15) is 39.5 Å². The van der Waals surface area contributed by atoms with Gasteiger partial charge in [-0.25, -0.2) is 0 Å². The molecule has 0 aliphatic carbocycles. The molecule has 2 heteroatoms. The fourth-order valence-electron chi connectivity index (χ4n) is 2.66. The van der Waals surface area contributed by atoms with Gasteiger partial charge in [-0.05, 0) is 38.1 Å². The summed E-state index contributed by atoms with van der Waals surface area (Å²) in [5.74, 6) is 0.782. The van der Waals surface area contributed by atoms with Crippen LogP contribution in [0, 0.1) is 5.92 Å². The third-order valence-corrected chi connectivity index (χ3v) is 3.98. The molecule has 82 valence electrons. The normalized spacial score (nSPS) is 33.4. The Morgan fingerprint density at radius 1 is 1.29 bits per heavy atom. The van der Waals surface area contributed by atoms with Crippen LogP contribution < -0.4 is 0 Å². The van der Waals surface area contributed by atoms with E-state index in [1.54, 1.807) is 0 Å². The van der Waals surface area contributed by atoms with Crippen LogP contribution in [0.15, 0.2) is 0 Å². The molecule has 2 heterocycles. The molecule has 2 aliphatic rings. The lowest BCUT2D eigenvalue weighted by Gasteiger charge is -2.45. The van der Waals surface area contributed by atoms with Gasteiger partial charge >= 0.3 is 0 Å². The molecule has 0 N–H and O–H groups in total. The molecule has 0 aromatic heterocycles. The first kappa shape index (κ1) is 10.4. The Bertz CT molecular complexity index is 175. The number of piperidine rings is 1. The van der Waals surface area contributed by atoms with Crippen LogP contribution in [0.3, 0.4) is 0 Å². The van der Waals surface area contributed by atoms with Gasteiger partial charge in [0.2, 0.25) is 0 Å². The molecule has 0 bridgehead atoms. The molecular weight excluding hydrogens is 174 g/mol. The Balaban J connectivity index is 1.86. The van der Waals surface area contributed by atoms with Crippen LogP contribution in [-0.4, -0.2) is 36.7 Å². The monoisotopic (exact) mass is 197 g/mol. The number of nitrogens with zero attached hydrogens (tertiary/aromatic N) is 1. The van der Waals surface area contributed by atoms with Gasteiger partial charge in [0.1, 0.15) is 0 Å². The number of hydrogen-bond acceptors (Lipinski definition) is 2. The zero-order chi connectivity index (χ0) is 10.0. The topological polar surface area (TPSA) is 12.5 Å². The Labute approximate surface area is 87.6 Å². The number of hydrogen-bond donors (Lipinski definition) is 0. The lowest BCUT2D eigenvalue weighted by molar-refractivity contribution is -0.126. The molecule has 0 saturated carbocycles. The van der Waals surface area contributed by atoms with Crippen LogP contribution in [0.25, 0.3) is 0 Å². The molecule has 0 aromatic rings. The van der Waals surface area contributed by atoms with E-state index in [4.69, 9.17) is 4.74 Å². The van der Waals surface area contributed by atoms with E-state index in [0.29, 0.717) is 0 Å². The summed E-state index contributed by atoms with van der Waals surface area (Å²) in [7, 11) is 0. The molecule has 2 rings (SSSR count). The maximum Gasteiger partial charge on any atom is 0.0707 e. The van der Waals surface area contributed by atoms with Gasteiger partial charge in [0.05, 0.1) is 5.60 Å². The Kier molecular flexibility index (Phi) is 3.13. The first-order chi connectivity index (χ1) is 6.74. The second kappa shape index (κ2) is 4.19. The van der Waals surface area contributed by atoms with Crippen molar-refractivity contribution in [3.05, 3.63) is 0 Å². The van der Waals surface area contributed by atoms with Crippen molar-refractivity contribution in [2.24, 2.45) is 5.92 Å². The molecule has 0 radical (unpaired) electrons. The predicted octanol–water partition coefficient (Wildman–Crippen LogP) is 2.29. The van der Waals surface area contributed by atoms with E-state index in [1.165, 1.54) is 45.3 Å². The van der Waals surface area contributed by atoms with E-state index in [1.807, 2.05) is 0 Å². The minimum atomic E-state index is 0.276. The van der Waals surface area contributed by atoms with E-state index in [-0.39, 0.29) is 5.60 Å². The zero-order valence-electron chi connectivity index (χ0n) is 9.59. The smallest absolute Gasteiger partial charge is 0.0707 e. The fraction of sp³-hybridized carbons (Fsp3) is 1.00. The second-order valence-corrected chi connectivity index (χ2v) is 5.07. The molecule has 1 unspecified atom stereocenters. The van der Waals surface area contributed by atoms with E-state index in [9.17, 15) is 0 Å². The highest BCUT2D eigenvalue weighted by Crippen LogP contribution is 2.36. The molecule has 0 amide bonds. The van der Waals surface area contributed by atoms with Crippen molar-refractivity contribution in [3.63, 3.8) is 0 Å². The van der Waals surface area contributed by atoms with Crippen molar-refractivity contribution in [1.82, 2.24) is 4.90 Å². The summed E-state index contributed by atoms with van der Waals surface area (Å²) in [5, 5.41) is 0.